The van der Waals surface area contributed by atoms with E-state index in [2.05, 4.69) is 121 Å². The minimum absolute atomic E-state index is 0.856. The Morgan fingerprint density at radius 3 is 1.60 bits per heavy atom. The molecule has 0 amide bonds. The summed E-state index contributed by atoms with van der Waals surface area (Å²) in [6.07, 6.45) is 0. The zero-order valence-corrected chi connectivity index (χ0v) is 24.3. The van der Waals surface area contributed by atoms with E-state index in [1.54, 1.807) is 0 Å². The van der Waals surface area contributed by atoms with Crippen LogP contribution in [-0.4, -0.2) is 9.97 Å². The topological polar surface area (TPSA) is 38.9 Å². The van der Waals surface area contributed by atoms with Crippen LogP contribution in [0.4, 0.5) is 0 Å². The standard InChI is InChI=1S/C42H26N2O/c1-3-11-27(12-4-1)29-19-21-30(22-20-29)40-41(44-38-18-10-9-17-37(38)43-40)35-26-36-33-24-23-31(28-13-5-2-6-14-28)25-39(33)45-42(36)34-16-8-7-15-32(34)35/h1-26H. The molecule has 0 saturated heterocycles. The van der Waals surface area contributed by atoms with E-state index < -0.39 is 0 Å². The Morgan fingerprint density at radius 1 is 0.356 bits per heavy atom. The van der Waals surface area contributed by atoms with Crippen LogP contribution in [0.2, 0.25) is 0 Å². The van der Waals surface area contributed by atoms with E-state index in [0.717, 1.165) is 71.8 Å². The van der Waals surface area contributed by atoms with E-state index in [-0.39, 0.29) is 0 Å². The van der Waals surface area contributed by atoms with Gasteiger partial charge in [0, 0.05) is 27.3 Å². The largest absolute Gasteiger partial charge is 0.455 e. The monoisotopic (exact) mass is 574 g/mol. The van der Waals surface area contributed by atoms with Gasteiger partial charge in [0.15, 0.2) is 0 Å². The average molecular weight is 575 g/mol. The van der Waals surface area contributed by atoms with Crippen LogP contribution in [-0.2, 0) is 0 Å². The van der Waals surface area contributed by atoms with Crippen LogP contribution in [0.5, 0.6) is 0 Å². The molecule has 3 nitrogen and oxygen atoms in total. The predicted molar refractivity (Wildman–Crippen MR) is 186 cm³/mol. The third kappa shape index (κ3) is 4.29. The van der Waals surface area contributed by atoms with Crippen LogP contribution in [0.3, 0.4) is 0 Å². The first-order chi connectivity index (χ1) is 22.3. The first-order valence-electron chi connectivity index (χ1n) is 15.2. The van der Waals surface area contributed by atoms with Crippen molar-refractivity contribution in [3.05, 3.63) is 158 Å². The van der Waals surface area contributed by atoms with Gasteiger partial charge < -0.3 is 4.42 Å². The Labute approximate surface area is 260 Å². The van der Waals surface area contributed by atoms with Crippen molar-refractivity contribution in [1.29, 1.82) is 0 Å². The molecule has 0 bridgehead atoms. The fourth-order valence-corrected chi connectivity index (χ4v) is 6.44. The quantitative estimate of drug-likeness (QED) is 0.210. The number of rotatable bonds is 4. The smallest absolute Gasteiger partial charge is 0.143 e. The molecule has 7 aromatic carbocycles. The molecule has 0 spiro atoms. The van der Waals surface area contributed by atoms with Gasteiger partial charge in [-0.25, -0.2) is 9.97 Å². The molecule has 0 saturated carbocycles. The molecule has 210 valence electrons. The van der Waals surface area contributed by atoms with Crippen molar-refractivity contribution in [3.63, 3.8) is 0 Å². The summed E-state index contributed by atoms with van der Waals surface area (Å²) in [5.41, 5.74) is 11.9. The van der Waals surface area contributed by atoms with Crippen molar-refractivity contribution in [2.45, 2.75) is 0 Å². The Hall–Kier alpha value is -6.06. The van der Waals surface area contributed by atoms with Gasteiger partial charge in [-0.3, -0.25) is 0 Å². The highest BCUT2D eigenvalue weighted by atomic mass is 16.3. The van der Waals surface area contributed by atoms with Crippen LogP contribution in [0.25, 0.3) is 88.5 Å². The normalized spacial score (nSPS) is 11.6. The maximum atomic E-state index is 6.62. The molecule has 0 aliphatic heterocycles. The lowest BCUT2D eigenvalue weighted by molar-refractivity contribution is 0.673. The average Bonchev–Trinajstić information content (AvgIpc) is 3.50. The number of benzene rings is 7. The molecular formula is C42H26N2O. The van der Waals surface area contributed by atoms with Crippen molar-refractivity contribution in [2.24, 2.45) is 0 Å². The van der Waals surface area contributed by atoms with Crippen LogP contribution in [0.1, 0.15) is 0 Å². The number of aromatic nitrogens is 2. The predicted octanol–water partition coefficient (Wildman–Crippen LogP) is 11.4. The maximum absolute atomic E-state index is 6.62. The molecule has 9 rings (SSSR count). The summed E-state index contributed by atoms with van der Waals surface area (Å²) in [6, 6.07) is 54.8. The van der Waals surface area contributed by atoms with Crippen LogP contribution in [0, 0.1) is 0 Å². The maximum Gasteiger partial charge on any atom is 0.143 e. The highest BCUT2D eigenvalue weighted by molar-refractivity contribution is 6.19. The molecule has 0 radical (unpaired) electrons. The van der Waals surface area contributed by atoms with Gasteiger partial charge in [0.05, 0.1) is 22.4 Å². The van der Waals surface area contributed by atoms with E-state index in [1.807, 2.05) is 36.4 Å². The van der Waals surface area contributed by atoms with Gasteiger partial charge in [0.25, 0.3) is 0 Å². The zero-order chi connectivity index (χ0) is 29.7. The summed E-state index contributed by atoms with van der Waals surface area (Å²) in [5.74, 6) is 0. The summed E-state index contributed by atoms with van der Waals surface area (Å²) >= 11 is 0. The highest BCUT2D eigenvalue weighted by Gasteiger charge is 2.20. The lowest BCUT2D eigenvalue weighted by Gasteiger charge is -2.14. The van der Waals surface area contributed by atoms with E-state index in [1.165, 1.54) is 16.7 Å². The molecule has 0 atom stereocenters. The summed E-state index contributed by atoms with van der Waals surface area (Å²) in [5, 5.41) is 4.29. The van der Waals surface area contributed by atoms with Crippen molar-refractivity contribution < 1.29 is 4.42 Å². The first-order valence-corrected chi connectivity index (χ1v) is 15.2. The first kappa shape index (κ1) is 25.4. The van der Waals surface area contributed by atoms with Gasteiger partial charge in [0.1, 0.15) is 11.2 Å². The van der Waals surface area contributed by atoms with Gasteiger partial charge >= 0.3 is 0 Å². The Balaban J connectivity index is 1.29. The van der Waals surface area contributed by atoms with Gasteiger partial charge in [-0.2, -0.15) is 0 Å². The van der Waals surface area contributed by atoms with Crippen molar-refractivity contribution in [1.82, 2.24) is 9.97 Å². The highest BCUT2D eigenvalue weighted by Crippen LogP contribution is 2.42. The molecule has 45 heavy (non-hydrogen) atoms. The number of hydrogen-bond donors (Lipinski definition) is 0. The molecule has 9 aromatic rings. The van der Waals surface area contributed by atoms with Gasteiger partial charge in [0.2, 0.25) is 0 Å². The number of para-hydroxylation sites is 2. The van der Waals surface area contributed by atoms with Gasteiger partial charge in [-0.15, -0.1) is 0 Å². The second kappa shape index (κ2) is 10.3. The Bertz CT molecular complexity index is 2510. The van der Waals surface area contributed by atoms with Crippen LogP contribution >= 0.6 is 0 Å². The van der Waals surface area contributed by atoms with E-state index in [0.29, 0.717) is 0 Å². The second-order valence-electron chi connectivity index (χ2n) is 11.4. The molecule has 0 unspecified atom stereocenters. The number of furan rings is 1. The molecule has 3 heteroatoms. The van der Waals surface area contributed by atoms with Gasteiger partial charge in [-0.1, -0.05) is 127 Å². The third-order valence-electron chi connectivity index (χ3n) is 8.68. The minimum Gasteiger partial charge on any atom is -0.455 e. The lowest BCUT2D eigenvalue weighted by atomic mass is 9.94. The zero-order valence-electron chi connectivity index (χ0n) is 24.3. The second-order valence-corrected chi connectivity index (χ2v) is 11.4. The van der Waals surface area contributed by atoms with Crippen molar-refractivity contribution in [2.75, 3.05) is 0 Å². The number of fused-ring (bicyclic) bond motifs is 6. The molecule has 0 N–H and O–H groups in total. The van der Waals surface area contributed by atoms with E-state index in [9.17, 15) is 0 Å². The third-order valence-corrected chi connectivity index (χ3v) is 8.68. The summed E-state index contributed by atoms with van der Waals surface area (Å²) in [7, 11) is 0. The van der Waals surface area contributed by atoms with E-state index >= 15 is 0 Å². The molecular weight excluding hydrogens is 548 g/mol. The molecule has 0 aliphatic carbocycles. The molecule has 0 fully saturated rings. The summed E-state index contributed by atoms with van der Waals surface area (Å²) in [4.78, 5) is 10.5. The Kier molecular flexibility index (Phi) is 5.82. The fraction of sp³-hybridized carbons (Fsp3) is 0. The lowest BCUT2D eigenvalue weighted by Crippen LogP contribution is -1.96. The SMILES string of the molecule is c1ccc(-c2ccc(-c3nc4ccccc4nc3-c3cc4c5ccc(-c6ccccc6)cc5oc4c4ccccc34)cc2)cc1. The summed E-state index contributed by atoms with van der Waals surface area (Å²) < 4.78 is 6.62. The molecule has 0 aliphatic rings. The fourth-order valence-electron chi connectivity index (χ4n) is 6.44. The number of hydrogen-bond acceptors (Lipinski definition) is 3. The van der Waals surface area contributed by atoms with Crippen LogP contribution in [0.15, 0.2) is 162 Å². The molecule has 2 heterocycles. The number of nitrogens with zero attached hydrogens (tertiary/aromatic N) is 2. The van der Waals surface area contributed by atoms with Crippen molar-refractivity contribution >= 4 is 43.7 Å². The molecule has 2 aromatic heterocycles. The van der Waals surface area contributed by atoms with E-state index in [4.69, 9.17) is 14.4 Å². The van der Waals surface area contributed by atoms with Crippen LogP contribution < -0.4 is 0 Å². The van der Waals surface area contributed by atoms with Crippen molar-refractivity contribution in [3.8, 4) is 44.8 Å². The van der Waals surface area contributed by atoms with Gasteiger partial charge in [-0.05, 0) is 58.0 Å². The summed E-state index contributed by atoms with van der Waals surface area (Å²) in [6.45, 7) is 0. The minimum atomic E-state index is 0.856. The Morgan fingerprint density at radius 2 is 0.889 bits per heavy atom.